The van der Waals surface area contributed by atoms with Gasteiger partial charge in [-0.3, -0.25) is 4.79 Å². The van der Waals surface area contributed by atoms with Gasteiger partial charge in [0.2, 0.25) is 5.91 Å². The van der Waals surface area contributed by atoms with E-state index < -0.39 is 0 Å². The number of anilines is 1. The highest BCUT2D eigenvalue weighted by Crippen LogP contribution is 2.32. The van der Waals surface area contributed by atoms with Gasteiger partial charge in [0.15, 0.2) is 11.5 Å². The van der Waals surface area contributed by atoms with E-state index in [2.05, 4.69) is 23.8 Å². The van der Waals surface area contributed by atoms with E-state index in [1.165, 1.54) is 0 Å². The quantitative estimate of drug-likeness (QED) is 0.837. The van der Waals surface area contributed by atoms with Crippen molar-refractivity contribution in [3.8, 4) is 11.5 Å². The lowest BCUT2D eigenvalue weighted by Gasteiger charge is -2.19. The maximum atomic E-state index is 11.8. The monoisotopic (exact) mass is 296 g/mol. The minimum Gasteiger partial charge on any atom is -0.486 e. The number of rotatable bonds is 6. The summed E-state index contributed by atoms with van der Waals surface area (Å²) in [5.74, 6) is 1.34. The van der Waals surface area contributed by atoms with Gasteiger partial charge in [0.05, 0.1) is 6.54 Å². The molecule has 0 aromatic heterocycles. The number of carbonyl (C=O) groups excluding carboxylic acids is 1. The van der Waals surface area contributed by atoms with Gasteiger partial charge in [0.25, 0.3) is 0 Å². The smallest absolute Gasteiger partial charge is 0.238 e. The highest BCUT2D eigenvalue weighted by molar-refractivity contribution is 7.99. The molecule has 1 unspecified atom stereocenters. The predicted octanol–water partition coefficient (Wildman–Crippen LogP) is 1.74. The lowest BCUT2D eigenvalue weighted by Crippen LogP contribution is -2.31. The third-order valence-electron chi connectivity index (χ3n) is 2.95. The number of thioether (sulfide) groups is 1. The van der Waals surface area contributed by atoms with Crippen LogP contribution in [0.25, 0.3) is 0 Å². The maximum absolute atomic E-state index is 11.8. The first-order valence-corrected chi connectivity index (χ1v) is 7.91. The summed E-state index contributed by atoms with van der Waals surface area (Å²) in [7, 11) is 0. The first-order chi connectivity index (χ1) is 9.69. The highest BCUT2D eigenvalue weighted by atomic mass is 32.2. The number of hydrogen-bond donors (Lipinski definition) is 2. The van der Waals surface area contributed by atoms with Crippen LogP contribution in [0.15, 0.2) is 18.2 Å². The van der Waals surface area contributed by atoms with Crippen LogP contribution >= 0.6 is 11.8 Å². The Bertz CT molecular complexity index is 468. The summed E-state index contributed by atoms with van der Waals surface area (Å²) in [5.41, 5.74) is 0.721. The minimum absolute atomic E-state index is 0.0602. The predicted molar refractivity (Wildman–Crippen MR) is 81.9 cm³/mol. The maximum Gasteiger partial charge on any atom is 0.238 e. The third-order valence-corrected chi connectivity index (χ3v) is 3.92. The average Bonchev–Trinajstić information content (AvgIpc) is 2.47. The molecule has 1 aliphatic rings. The third kappa shape index (κ3) is 4.31. The summed E-state index contributed by atoms with van der Waals surface area (Å²) in [4.78, 5) is 11.8. The molecular weight excluding hydrogens is 276 g/mol. The Morgan fingerprint density at radius 1 is 1.35 bits per heavy atom. The van der Waals surface area contributed by atoms with Gasteiger partial charge in [-0.05, 0) is 18.4 Å². The molecule has 0 bridgehead atoms. The van der Waals surface area contributed by atoms with Crippen molar-refractivity contribution in [1.29, 1.82) is 0 Å². The molecule has 0 aliphatic carbocycles. The second-order valence-electron chi connectivity index (χ2n) is 4.58. The van der Waals surface area contributed by atoms with Crippen molar-refractivity contribution in [3.63, 3.8) is 0 Å². The summed E-state index contributed by atoms with van der Waals surface area (Å²) in [6.07, 6.45) is 2.06. The molecule has 110 valence electrons. The number of fused-ring (bicyclic) bond motifs is 1. The largest absolute Gasteiger partial charge is 0.486 e. The van der Waals surface area contributed by atoms with Crippen LogP contribution in [-0.4, -0.2) is 43.7 Å². The van der Waals surface area contributed by atoms with Gasteiger partial charge < -0.3 is 20.1 Å². The Labute approximate surface area is 123 Å². The minimum atomic E-state index is -0.0602. The van der Waals surface area contributed by atoms with Crippen molar-refractivity contribution in [1.82, 2.24) is 5.32 Å². The van der Waals surface area contributed by atoms with Crippen molar-refractivity contribution in [2.45, 2.75) is 12.2 Å². The second kappa shape index (κ2) is 7.40. The van der Waals surface area contributed by atoms with Gasteiger partial charge in [-0.1, -0.05) is 6.92 Å². The molecule has 2 rings (SSSR count). The van der Waals surface area contributed by atoms with E-state index in [0.717, 1.165) is 18.0 Å². The fourth-order valence-corrected chi connectivity index (χ4v) is 2.08. The van der Waals surface area contributed by atoms with Crippen molar-refractivity contribution in [2.75, 3.05) is 37.9 Å². The van der Waals surface area contributed by atoms with E-state index in [4.69, 9.17) is 9.47 Å². The Balaban J connectivity index is 1.82. The molecule has 5 nitrogen and oxygen atoms in total. The molecule has 6 heteroatoms. The molecule has 1 heterocycles. The number of carbonyl (C=O) groups is 1. The molecule has 0 saturated heterocycles. The van der Waals surface area contributed by atoms with Crippen molar-refractivity contribution in [2.24, 2.45) is 0 Å². The van der Waals surface area contributed by atoms with Gasteiger partial charge in [-0.2, -0.15) is 11.8 Å². The van der Waals surface area contributed by atoms with Crippen LogP contribution in [0.2, 0.25) is 0 Å². The van der Waals surface area contributed by atoms with Gasteiger partial charge in [0.1, 0.15) is 13.2 Å². The lowest BCUT2D eigenvalue weighted by atomic mass is 10.2. The Kier molecular flexibility index (Phi) is 5.55. The van der Waals surface area contributed by atoms with Crippen LogP contribution in [0, 0.1) is 0 Å². The zero-order valence-corrected chi connectivity index (χ0v) is 12.6. The molecule has 1 atom stereocenters. The molecule has 0 fully saturated rings. The van der Waals surface area contributed by atoms with Crippen molar-refractivity contribution >= 4 is 23.4 Å². The molecule has 1 aliphatic heterocycles. The summed E-state index contributed by atoms with van der Waals surface area (Å²) in [6, 6.07) is 5.42. The summed E-state index contributed by atoms with van der Waals surface area (Å²) < 4.78 is 10.9. The van der Waals surface area contributed by atoms with Gasteiger partial charge in [0, 0.05) is 23.5 Å². The second-order valence-corrected chi connectivity index (χ2v) is 5.86. The van der Waals surface area contributed by atoms with E-state index in [-0.39, 0.29) is 5.91 Å². The number of nitrogens with one attached hydrogen (secondary N) is 2. The van der Waals surface area contributed by atoms with E-state index >= 15 is 0 Å². The molecule has 20 heavy (non-hydrogen) atoms. The van der Waals surface area contributed by atoms with Gasteiger partial charge >= 0.3 is 0 Å². The topological polar surface area (TPSA) is 59.6 Å². The van der Waals surface area contributed by atoms with Crippen LogP contribution in [-0.2, 0) is 4.79 Å². The normalized spacial score (nSPS) is 14.7. The average molecular weight is 296 g/mol. The molecule has 1 aromatic rings. The van der Waals surface area contributed by atoms with Crippen LogP contribution in [0.1, 0.15) is 6.92 Å². The van der Waals surface area contributed by atoms with E-state index in [0.29, 0.717) is 30.8 Å². The summed E-state index contributed by atoms with van der Waals surface area (Å²) in [6.45, 7) is 4.35. The number of benzene rings is 1. The zero-order valence-electron chi connectivity index (χ0n) is 11.8. The van der Waals surface area contributed by atoms with E-state index in [9.17, 15) is 4.79 Å². The molecule has 1 amide bonds. The standard InChI is InChI=1S/C14H20N2O3S/c1-10(20-2)8-15-9-14(17)16-11-3-4-12-13(7-11)19-6-5-18-12/h3-4,7,10,15H,5-6,8-9H2,1-2H3,(H,16,17). The Morgan fingerprint density at radius 3 is 2.85 bits per heavy atom. The molecule has 1 aromatic carbocycles. The zero-order chi connectivity index (χ0) is 14.4. The first kappa shape index (κ1) is 15.0. The van der Waals surface area contributed by atoms with Crippen molar-refractivity contribution in [3.05, 3.63) is 18.2 Å². The molecule has 0 spiro atoms. The Morgan fingerprint density at radius 2 is 2.10 bits per heavy atom. The van der Waals surface area contributed by atoms with Gasteiger partial charge in [-0.15, -0.1) is 0 Å². The lowest BCUT2D eigenvalue weighted by molar-refractivity contribution is -0.115. The number of hydrogen-bond acceptors (Lipinski definition) is 5. The van der Waals surface area contributed by atoms with Crippen molar-refractivity contribution < 1.29 is 14.3 Å². The highest BCUT2D eigenvalue weighted by Gasteiger charge is 2.12. The van der Waals surface area contributed by atoms with Gasteiger partial charge in [-0.25, -0.2) is 0 Å². The van der Waals surface area contributed by atoms with Crippen LogP contribution < -0.4 is 20.1 Å². The van der Waals surface area contributed by atoms with Crippen LogP contribution in [0.5, 0.6) is 11.5 Å². The SMILES string of the molecule is CSC(C)CNCC(=O)Nc1ccc2c(c1)OCCO2. The number of amides is 1. The van der Waals surface area contributed by atoms with Crippen LogP contribution in [0.4, 0.5) is 5.69 Å². The van der Waals surface area contributed by atoms with Crippen LogP contribution in [0.3, 0.4) is 0 Å². The van der Waals surface area contributed by atoms with E-state index in [1.807, 2.05) is 12.1 Å². The number of ether oxygens (including phenoxy) is 2. The molecule has 0 radical (unpaired) electrons. The molecule has 2 N–H and O–H groups in total. The molecular formula is C14H20N2O3S. The Hall–Kier alpha value is -1.40. The first-order valence-electron chi connectivity index (χ1n) is 6.62. The molecule has 0 saturated carbocycles. The fraction of sp³-hybridized carbons (Fsp3) is 0.500. The van der Waals surface area contributed by atoms with E-state index in [1.54, 1.807) is 17.8 Å². The fourth-order valence-electron chi connectivity index (χ4n) is 1.80. The summed E-state index contributed by atoms with van der Waals surface area (Å²) >= 11 is 1.77. The summed E-state index contributed by atoms with van der Waals surface area (Å²) in [5, 5.41) is 6.47.